The summed E-state index contributed by atoms with van der Waals surface area (Å²) in [7, 11) is 0. The Bertz CT molecular complexity index is 1560. The van der Waals surface area contributed by atoms with Crippen molar-refractivity contribution in [3.8, 4) is 16.8 Å². The lowest BCUT2D eigenvalue weighted by Crippen LogP contribution is -2.50. The summed E-state index contributed by atoms with van der Waals surface area (Å²) in [5.41, 5.74) is 7.44. The van der Waals surface area contributed by atoms with Gasteiger partial charge in [0.2, 0.25) is 5.91 Å². The normalized spacial score (nSPS) is 18.0. The van der Waals surface area contributed by atoms with Crippen molar-refractivity contribution < 1.29 is 9.59 Å². The molecule has 0 radical (unpaired) electrons. The van der Waals surface area contributed by atoms with Crippen molar-refractivity contribution in [2.45, 2.75) is 58.2 Å². The fourth-order valence-electron chi connectivity index (χ4n) is 5.77. The number of hydrogen-bond acceptors (Lipinski definition) is 4. The number of fused-ring (bicyclic) bond motifs is 1. The average Bonchev–Trinajstić information content (AvgIpc) is 3.59. The highest BCUT2D eigenvalue weighted by Gasteiger charge is 2.43. The molecule has 4 aromatic rings. The Kier molecular flexibility index (Phi) is 7.07. The average molecular weight is 549 g/mol. The molecular formula is C33H36N6O2. The zero-order chi connectivity index (χ0) is 28.6. The van der Waals surface area contributed by atoms with E-state index in [0.29, 0.717) is 25.6 Å². The lowest BCUT2D eigenvalue weighted by atomic mass is 9.87. The highest BCUT2D eigenvalue weighted by atomic mass is 16.2. The second-order valence-electron chi connectivity index (χ2n) is 12.0. The Labute approximate surface area is 240 Å². The van der Waals surface area contributed by atoms with Crippen LogP contribution in [0.1, 0.15) is 55.4 Å². The van der Waals surface area contributed by atoms with Crippen molar-refractivity contribution >= 4 is 11.9 Å². The number of rotatable bonds is 6. The van der Waals surface area contributed by atoms with Crippen molar-refractivity contribution in [2.24, 2.45) is 5.92 Å². The lowest BCUT2D eigenvalue weighted by molar-refractivity contribution is -0.122. The van der Waals surface area contributed by atoms with Crippen LogP contribution in [0, 0.1) is 5.92 Å². The molecule has 0 saturated heterocycles. The standard InChI is InChI=1S/C33H36N6O2/c1-33(2,3)37-32(41)38-15-14-27-26(23-10-7-11-25(16-23)39-21-34-20-36-39)13-12-24(30(27)19-38)18-35-31(40)29-17-28(29)22-8-5-4-6-9-22/h4-13,16,20-21,28-29H,14-15,17-19H2,1-3H3,(H,35,40)(H,37,41)/t28-,29+/m1/s1. The van der Waals surface area contributed by atoms with E-state index in [-0.39, 0.29) is 23.4 Å². The third-order valence-electron chi connectivity index (χ3n) is 7.93. The van der Waals surface area contributed by atoms with E-state index < -0.39 is 0 Å². The summed E-state index contributed by atoms with van der Waals surface area (Å²) in [5.74, 6) is 0.401. The number of nitrogens with zero attached hydrogens (tertiary/aromatic N) is 4. The van der Waals surface area contributed by atoms with E-state index in [1.165, 1.54) is 17.5 Å². The van der Waals surface area contributed by atoms with Gasteiger partial charge in [0.15, 0.2) is 0 Å². The first kappa shape index (κ1) is 26.7. The van der Waals surface area contributed by atoms with Crippen LogP contribution in [0.5, 0.6) is 0 Å². The predicted octanol–water partition coefficient (Wildman–Crippen LogP) is 5.22. The molecule has 0 bridgehead atoms. The number of aromatic nitrogens is 3. The monoisotopic (exact) mass is 548 g/mol. The van der Waals surface area contributed by atoms with Crippen LogP contribution in [0.15, 0.2) is 79.4 Å². The van der Waals surface area contributed by atoms with E-state index in [1.54, 1.807) is 11.0 Å². The van der Waals surface area contributed by atoms with Crippen LogP contribution in [0.25, 0.3) is 16.8 Å². The molecule has 1 aromatic heterocycles. The molecule has 3 amide bonds. The summed E-state index contributed by atoms with van der Waals surface area (Å²) in [4.78, 5) is 32.2. The third kappa shape index (κ3) is 5.87. The van der Waals surface area contributed by atoms with Gasteiger partial charge in [0.1, 0.15) is 12.7 Å². The van der Waals surface area contributed by atoms with Crippen LogP contribution < -0.4 is 10.6 Å². The first-order chi connectivity index (χ1) is 19.8. The number of nitrogens with one attached hydrogen (secondary N) is 2. The molecule has 0 spiro atoms. The number of amides is 3. The van der Waals surface area contributed by atoms with E-state index in [2.05, 4.69) is 57.1 Å². The third-order valence-corrected chi connectivity index (χ3v) is 7.93. The van der Waals surface area contributed by atoms with E-state index in [1.807, 2.05) is 56.0 Å². The fourth-order valence-corrected chi connectivity index (χ4v) is 5.77. The van der Waals surface area contributed by atoms with Gasteiger partial charge in [-0.05, 0) is 85.0 Å². The zero-order valence-electron chi connectivity index (χ0n) is 23.8. The maximum absolute atomic E-state index is 13.1. The smallest absolute Gasteiger partial charge is 0.318 e. The van der Waals surface area contributed by atoms with Crippen LogP contribution in [-0.2, 0) is 24.3 Å². The van der Waals surface area contributed by atoms with Gasteiger partial charge in [0.25, 0.3) is 0 Å². The quantitative estimate of drug-likeness (QED) is 0.346. The SMILES string of the molecule is CC(C)(C)NC(=O)N1CCc2c(-c3cccc(-n4cncn4)c3)ccc(CNC(=O)[C@H]3C[C@@H]3c3ccccc3)c2C1. The summed E-state index contributed by atoms with van der Waals surface area (Å²) in [6.45, 7) is 7.53. The summed E-state index contributed by atoms with van der Waals surface area (Å²) in [6, 6.07) is 22.7. The molecule has 8 nitrogen and oxygen atoms in total. The van der Waals surface area contributed by atoms with Gasteiger partial charge in [-0.15, -0.1) is 0 Å². The fraction of sp³-hybridized carbons (Fsp3) is 0.333. The summed E-state index contributed by atoms with van der Waals surface area (Å²) >= 11 is 0. The van der Waals surface area contributed by atoms with Crippen molar-refractivity contribution in [3.63, 3.8) is 0 Å². The molecule has 8 heteroatoms. The van der Waals surface area contributed by atoms with Gasteiger partial charge >= 0.3 is 6.03 Å². The molecule has 2 aliphatic rings. The van der Waals surface area contributed by atoms with Crippen LogP contribution >= 0.6 is 0 Å². The van der Waals surface area contributed by atoms with Crippen LogP contribution in [-0.4, -0.2) is 43.7 Å². The molecule has 3 aromatic carbocycles. The summed E-state index contributed by atoms with van der Waals surface area (Å²) < 4.78 is 1.75. The van der Waals surface area contributed by atoms with Gasteiger partial charge in [-0.2, -0.15) is 5.10 Å². The molecule has 1 aliphatic heterocycles. The van der Waals surface area contributed by atoms with E-state index in [4.69, 9.17) is 0 Å². The zero-order valence-corrected chi connectivity index (χ0v) is 23.8. The number of hydrogen-bond donors (Lipinski definition) is 2. The largest absolute Gasteiger partial charge is 0.352 e. The maximum Gasteiger partial charge on any atom is 0.318 e. The Balaban J connectivity index is 1.27. The van der Waals surface area contributed by atoms with Gasteiger partial charge in [0.05, 0.1) is 5.69 Å². The van der Waals surface area contributed by atoms with Crippen LogP contribution in [0.3, 0.4) is 0 Å². The number of benzene rings is 3. The van der Waals surface area contributed by atoms with Crippen molar-refractivity contribution in [1.29, 1.82) is 0 Å². The van der Waals surface area contributed by atoms with Crippen LogP contribution in [0.2, 0.25) is 0 Å². The van der Waals surface area contributed by atoms with Gasteiger partial charge in [0, 0.05) is 31.1 Å². The van der Waals surface area contributed by atoms with E-state index in [9.17, 15) is 9.59 Å². The van der Waals surface area contributed by atoms with Gasteiger partial charge in [-0.3, -0.25) is 4.79 Å². The lowest BCUT2D eigenvalue weighted by Gasteiger charge is -2.34. The minimum Gasteiger partial charge on any atom is -0.352 e. The second-order valence-corrected chi connectivity index (χ2v) is 12.0. The van der Waals surface area contributed by atoms with E-state index in [0.717, 1.165) is 40.8 Å². The van der Waals surface area contributed by atoms with Gasteiger partial charge < -0.3 is 15.5 Å². The number of urea groups is 1. The van der Waals surface area contributed by atoms with Gasteiger partial charge in [-0.25, -0.2) is 14.5 Å². The topological polar surface area (TPSA) is 92.2 Å². The molecule has 1 aliphatic carbocycles. The maximum atomic E-state index is 13.1. The van der Waals surface area contributed by atoms with Crippen molar-refractivity contribution in [3.05, 3.63) is 102 Å². The molecule has 41 heavy (non-hydrogen) atoms. The van der Waals surface area contributed by atoms with Crippen LogP contribution in [0.4, 0.5) is 4.79 Å². The summed E-state index contributed by atoms with van der Waals surface area (Å²) in [6.07, 6.45) is 4.83. The Morgan fingerprint density at radius 1 is 1.00 bits per heavy atom. The first-order valence-corrected chi connectivity index (χ1v) is 14.3. The Hall–Kier alpha value is -4.46. The number of carbonyl (C=O) groups excluding carboxylic acids is 2. The highest BCUT2D eigenvalue weighted by Crippen LogP contribution is 2.47. The minimum atomic E-state index is -0.322. The van der Waals surface area contributed by atoms with E-state index >= 15 is 0 Å². The predicted molar refractivity (Wildman–Crippen MR) is 158 cm³/mol. The number of carbonyl (C=O) groups is 2. The first-order valence-electron chi connectivity index (χ1n) is 14.3. The van der Waals surface area contributed by atoms with Crippen molar-refractivity contribution in [2.75, 3.05) is 6.54 Å². The molecular weight excluding hydrogens is 512 g/mol. The minimum absolute atomic E-state index is 0.0149. The van der Waals surface area contributed by atoms with Gasteiger partial charge in [-0.1, -0.05) is 54.6 Å². The molecule has 2 atom stereocenters. The highest BCUT2D eigenvalue weighted by molar-refractivity contribution is 5.83. The van der Waals surface area contributed by atoms with Crippen molar-refractivity contribution in [1.82, 2.24) is 30.3 Å². The Morgan fingerprint density at radius 3 is 2.59 bits per heavy atom. The molecule has 1 saturated carbocycles. The molecule has 1 fully saturated rings. The molecule has 0 unspecified atom stereocenters. The molecule has 2 heterocycles. The Morgan fingerprint density at radius 2 is 1.83 bits per heavy atom. The molecule has 210 valence electrons. The molecule has 2 N–H and O–H groups in total. The summed E-state index contributed by atoms with van der Waals surface area (Å²) in [5, 5.41) is 10.6. The second kappa shape index (κ2) is 10.8. The molecule has 6 rings (SSSR count).